The summed E-state index contributed by atoms with van der Waals surface area (Å²) in [7, 11) is 1.60. The molecule has 0 amide bonds. The molecule has 4 heteroatoms. The molecule has 0 saturated carbocycles. The zero-order chi connectivity index (χ0) is 10.7. The molecule has 0 saturated heterocycles. The van der Waals surface area contributed by atoms with E-state index in [9.17, 15) is 0 Å². The average Bonchev–Trinajstić information content (AvgIpc) is 2.48. The molecule has 14 heavy (non-hydrogen) atoms. The highest BCUT2D eigenvalue weighted by molar-refractivity contribution is 6.58. The predicted molar refractivity (Wildman–Crippen MR) is 56.4 cm³/mol. The molecule has 0 N–H and O–H groups in total. The molecular formula is C10H16BN3. The maximum absolute atomic E-state index is 8.72. The van der Waals surface area contributed by atoms with Gasteiger partial charge in [-0.05, 0) is 35.0 Å². The summed E-state index contributed by atoms with van der Waals surface area (Å²) >= 11 is 0. The lowest BCUT2D eigenvalue weighted by molar-refractivity contribution is -0.699. The first-order chi connectivity index (χ1) is 6.57. The van der Waals surface area contributed by atoms with Gasteiger partial charge in [0.25, 0.3) is 0 Å². The molecule has 1 heterocycles. The number of hydrogen-bond acceptors (Lipinski definition) is 1. The minimum atomic E-state index is 0.384. The van der Waals surface area contributed by atoms with Gasteiger partial charge in [-0.1, -0.05) is 0 Å². The molecule has 74 valence electrons. The maximum Gasteiger partial charge on any atom is 0.126 e. The standard InChI is InChI=1S/C10H16BN3/c1-8(2)13-5-6-14(9(3)4)10(13)11-7-12/h5-6,8-9H,1-4H3. The van der Waals surface area contributed by atoms with E-state index in [1.54, 1.807) is 7.28 Å². The highest BCUT2D eigenvalue weighted by atomic mass is 15.2. The number of hydrogen-bond donors (Lipinski definition) is 0. The molecule has 0 aliphatic rings. The van der Waals surface area contributed by atoms with Crippen LogP contribution in [-0.4, -0.2) is 11.8 Å². The van der Waals surface area contributed by atoms with E-state index in [-0.39, 0.29) is 0 Å². The van der Waals surface area contributed by atoms with E-state index in [1.165, 1.54) is 0 Å². The Morgan fingerprint density at radius 1 is 1.43 bits per heavy atom. The summed E-state index contributed by atoms with van der Waals surface area (Å²) in [6.45, 7) is 8.44. The van der Waals surface area contributed by atoms with Crippen LogP contribution >= 0.6 is 0 Å². The second-order valence-electron chi connectivity index (χ2n) is 3.93. The molecule has 2 radical (unpaired) electrons. The molecule has 0 spiro atoms. The summed E-state index contributed by atoms with van der Waals surface area (Å²) in [5.74, 6) is 2.09. The Kier molecular flexibility index (Phi) is 3.35. The summed E-state index contributed by atoms with van der Waals surface area (Å²) in [5.41, 5.74) is 0.970. The molecule has 0 bridgehead atoms. The fourth-order valence-electron chi connectivity index (χ4n) is 1.51. The van der Waals surface area contributed by atoms with Crippen molar-refractivity contribution in [3.63, 3.8) is 0 Å². The lowest BCUT2D eigenvalue weighted by atomic mass is 9.79. The molecule has 0 atom stereocenters. The number of rotatable bonds is 3. The van der Waals surface area contributed by atoms with Crippen LogP contribution in [0.25, 0.3) is 0 Å². The Morgan fingerprint density at radius 3 is 2.50 bits per heavy atom. The van der Waals surface area contributed by atoms with Gasteiger partial charge in [-0.3, -0.25) is 14.4 Å². The van der Waals surface area contributed by atoms with Crippen LogP contribution in [0.2, 0.25) is 0 Å². The highest BCUT2D eigenvalue weighted by Crippen LogP contribution is 2.00. The summed E-state index contributed by atoms with van der Waals surface area (Å²) < 4.78 is 4.20. The molecule has 0 aliphatic heterocycles. The Balaban J connectivity index is 3.15. The van der Waals surface area contributed by atoms with Gasteiger partial charge in [-0.2, -0.15) is 0 Å². The van der Waals surface area contributed by atoms with E-state index >= 15 is 0 Å². The predicted octanol–water partition coefficient (Wildman–Crippen LogP) is 0.748. The Hall–Kier alpha value is -1.24. The minimum Gasteiger partial charge on any atom is -0.274 e. The van der Waals surface area contributed by atoms with E-state index in [0.29, 0.717) is 12.1 Å². The van der Waals surface area contributed by atoms with E-state index < -0.39 is 0 Å². The topological polar surface area (TPSA) is 32.6 Å². The van der Waals surface area contributed by atoms with Crippen molar-refractivity contribution in [2.75, 3.05) is 0 Å². The zero-order valence-corrected chi connectivity index (χ0v) is 9.23. The second kappa shape index (κ2) is 4.32. The largest absolute Gasteiger partial charge is 0.274 e. The van der Waals surface area contributed by atoms with Gasteiger partial charge in [0.2, 0.25) is 0 Å². The van der Waals surface area contributed by atoms with Crippen molar-refractivity contribution >= 4 is 13.0 Å². The van der Waals surface area contributed by atoms with Crippen molar-refractivity contribution in [2.45, 2.75) is 39.8 Å². The average molecular weight is 189 g/mol. The number of imidazole rings is 1. The van der Waals surface area contributed by atoms with Crippen molar-refractivity contribution in [1.29, 1.82) is 5.26 Å². The number of aromatic nitrogens is 2. The van der Waals surface area contributed by atoms with Crippen LogP contribution in [-0.2, 0) is 0 Å². The summed E-state index contributed by atoms with van der Waals surface area (Å²) in [4.78, 5) is 0. The van der Waals surface area contributed by atoms with E-state index in [1.807, 2.05) is 12.4 Å². The molecule has 0 aromatic carbocycles. The van der Waals surface area contributed by atoms with Gasteiger partial charge in [0, 0.05) is 5.72 Å². The highest BCUT2D eigenvalue weighted by Gasteiger charge is 2.12. The zero-order valence-electron chi connectivity index (χ0n) is 9.23. The van der Waals surface area contributed by atoms with Crippen molar-refractivity contribution in [3.05, 3.63) is 12.4 Å². The first-order valence-corrected chi connectivity index (χ1v) is 4.92. The molecule has 1 aromatic heterocycles. The van der Waals surface area contributed by atoms with Crippen molar-refractivity contribution < 1.29 is 4.57 Å². The third-order valence-electron chi connectivity index (χ3n) is 2.22. The van der Waals surface area contributed by atoms with Crippen molar-refractivity contribution in [3.8, 4) is 5.97 Å². The third-order valence-corrected chi connectivity index (χ3v) is 2.22. The van der Waals surface area contributed by atoms with Gasteiger partial charge in [-0.25, -0.2) is 5.97 Å². The molecule has 0 unspecified atom stereocenters. The van der Waals surface area contributed by atoms with Crippen LogP contribution in [0.5, 0.6) is 0 Å². The smallest absolute Gasteiger partial charge is 0.126 e. The third kappa shape index (κ3) is 1.98. The fraction of sp³-hybridized carbons (Fsp3) is 0.600. The normalized spacial score (nSPS) is 10.9. The van der Waals surface area contributed by atoms with Crippen LogP contribution in [0.1, 0.15) is 39.8 Å². The Labute approximate surface area is 86.2 Å². The monoisotopic (exact) mass is 189 g/mol. The van der Waals surface area contributed by atoms with Gasteiger partial charge in [0.15, 0.2) is 0 Å². The Morgan fingerprint density at radius 2 is 2.07 bits per heavy atom. The summed E-state index contributed by atoms with van der Waals surface area (Å²) in [6, 6.07) is 0.768. The van der Waals surface area contributed by atoms with Crippen LogP contribution in [0, 0.1) is 11.2 Å². The van der Waals surface area contributed by atoms with Crippen LogP contribution in [0.15, 0.2) is 12.4 Å². The van der Waals surface area contributed by atoms with E-state index in [0.717, 1.165) is 5.72 Å². The van der Waals surface area contributed by atoms with Gasteiger partial charge in [0.1, 0.15) is 12.4 Å². The van der Waals surface area contributed by atoms with Crippen molar-refractivity contribution in [2.24, 2.45) is 0 Å². The summed E-state index contributed by atoms with van der Waals surface area (Å²) in [5, 5.41) is 8.72. The number of nitriles is 1. The molecular weight excluding hydrogens is 173 g/mol. The van der Waals surface area contributed by atoms with Gasteiger partial charge in [-0.15, -0.1) is 0 Å². The molecule has 0 aliphatic carbocycles. The fourth-order valence-corrected chi connectivity index (χ4v) is 1.51. The minimum absolute atomic E-state index is 0.384. The van der Waals surface area contributed by atoms with Gasteiger partial charge < -0.3 is 0 Å². The quantitative estimate of drug-likeness (QED) is 0.510. The lowest BCUT2D eigenvalue weighted by Crippen LogP contribution is -2.54. The summed E-state index contributed by atoms with van der Waals surface area (Å²) in [6.07, 6.45) is 4.04. The van der Waals surface area contributed by atoms with Crippen LogP contribution < -0.4 is 10.3 Å². The molecule has 1 aromatic rings. The van der Waals surface area contributed by atoms with Crippen LogP contribution in [0.3, 0.4) is 0 Å². The number of nitrogens with zero attached hydrogens (tertiary/aromatic N) is 3. The van der Waals surface area contributed by atoms with Gasteiger partial charge >= 0.3 is 0 Å². The molecule has 1 rings (SSSR count). The lowest BCUT2D eigenvalue weighted by Gasteiger charge is -2.14. The second-order valence-corrected chi connectivity index (χ2v) is 3.93. The van der Waals surface area contributed by atoms with E-state index in [4.69, 9.17) is 5.26 Å². The first-order valence-electron chi connectivity index (χ1n) is 4.92. The molecule has 0 fully saturated rings. The molecule has 3 nitrogen and oxygen atoms in total. The van der Waals surface area contributed by atoms with Crippen LogP contribution in [0.4, 0.5) is 0 Å². The van der Waals surface area contributed by atoms with Gasteiger partial charge in [0.05, 0.1) is 12.1 Å². The van der Waals surface area contributed by atoms with E-state index in [2.05, 4.69) is 42.8 Å². The SMILES string of the molecule is CC(C)n1cc[n+](C(C)C)c1[B-]C#N. The Bertz CT molecular complexity index is 321. The first kappa shape index (κ1) is 10.8. The maximum atomic E-state index is 8.72. The van der Waals surface area contributed by atoms with Crippen molar-refractivity contribution in [1.82, 2.24) is 4.57 Å².